The van der Waals surface area contributed by atoms with Gasteiger partial charge >= 0.3 is 0 Å². The van der Waals surface area contributed by atoms with Gasteiger partial charge in [0, 0.05) is 11.1 Å². The molecule has 2 saturated heterocycles. The van der Waals surface area contributed by atoms with Crippen LogP contribution in [-0.4, -0.2) is 42.5 Å². The van der Waals surface area contributed by atoms with Crippen LogP contribution in [0.1, 0.15) is 59.5 Å². The van der Waals surface area contributed by atoms with Crippen molar-refractivity contribution < 1.29 is 28.5 Å². The highest BCUT2D eigenvalue weighted by molar-refractivity contribution is 6.03. The Kier molecular flexibility index (Phi) is 7.76. The van der Waals surface area contributed by atoms with E-state index in [1.54, 1.807) is 19.1 Å². The van der Waals surface area contributed by atoms with Crippen LogP contribution in [0.25, 0.3) is 0 Å². The summed E-state index contributed by atoms with van der Waals surface area (Å²) in [5.74, 6) is -0.772. The molecule has 2 aliphatic rings. The van der Waals surface area contributed by atoms with E-state index in [0.29, 0.717) is 17.7 Å². The van der Waals surface area contributed by atoms with Crippen molar-refractivity contribution in [3.63, 3.8) is 0 Å². The first-order valence-electron chi connectivity index (χ1n) is 12.5. The Morgan fingerprint density at radius 2 is 1.32 bits per heavy atom. The summed E-state index contributed by atoms with van der Waals surface area (Å²) in [6.45, 7) is 9.77. The normalized spacial score (nSPS) is 26.2. The predicted octanol–water partition coefficient (Wildman–Crippen LogP) is 5.88. The fraction of sp³-hybridized carbons (Fsp3) is 0.355. The summed E-state index contributed by atoms with van der Waals surface area (Å²) in [5, 5.41) is 0. The molecule has 194 valence electrons. The molecule has 0 aromatic heterocycles. The maximum absolute atomic E-state index is 12.9. The zero-order valence-corrected chi connectivity index (χ0v) is 22.0. The van der Waals surface area contributed by atoms with Gasteiger partial charge in [0.25, 0.3) is 0 Å². The first-order chi connectivity index (χ1) is 17.5. The van der Waals surface area contributed by atoms with Crippen LogP contribution in [-0.2, 0) is 24.5 Å². The van der Waals surface area contributed by atoms with E-state index in [9.17, 15) is 9.59 Å². The van der Waals surface area contributed by atoms with Gasteiger partial charge in [-0.05, 0) is 40.2 Å². The zero-order valence-electron chi connectivity index (χ0n) is 22.0. The lowest BCUT2D eigenvalue weighted by molar-refractivity contribution is -0.148. The van der Waals surface area contributed by atoms with Crippen molar-refractivity contribution in [2.45, 2.75) is 57.9 Å². The SMILES string of the molecule is CC1OCC(C(=O)c2ccccc2)(c2ccccc2)O1.Cc1ccc(C(=O)C2(C)COC(C)(C)O2)cc1. The summed E-state index contributed by atoms with van der Waals surface area (Å²) in [5.41, 5.74) is 1.35. The van der Waals surface area contributed by atoms with E-state index in [1.807, 2.05) is 100 Å². The second-order valence-corrected chi connectivity index (χ2v) is 10.1. The molecule has 0 saturated carbocycles. The van der Waals surface area contributed by atoms with Crippen molar-refractivity contribution in [3.8, 4) is 0 Å². The third-order valence-corrected chi connectivity index (χ3v) is 6.49. The van der Waals surface area contributed by atoms with Gasteiger partial charge in [0.1, 0.15) is 0 Å². The smallest absolute Gasteiger partial charge is 0.201 e. The van der Waals surface area contributed by atoms with Crippen LogP contribution in [0, 0.1) is 6.92 Å². The van der Waals surface area contributed by atoms with Gasteiger partial charge in [0.05, 0.1) is 13.2 Å². The lowest BCUT2D eigenvalue weighted by Crippen LogP contribution is -2.39. The number of hydrogen-bond acceptors (Lipinski definition) is 6. The monoisotopic (exact) mass is 502 g/mol. The molecular weight excluding hydrogens is 468 g/mol. The van der Waals surface area contributed by atoms with E-state index in [4.69, 9.17) is 18.9 Å². The summed E-state index contributed by atoms with van der Waals surface area (Å²) >= 11 is 0. The molecule has 2 aliphatic heterocycles. The lowest BCUT2D eigenvalue weighted by Gasteiger charge is -2.26. The van der Waals surface area contributed by atoms with Crippen molar-refractivity contribution in [1.82, 2.24) is 0 Å². The van der Waals surface area contributed by atoms with Crippen LogP contribution in [0.15, 0.2) is 84.9 Å². The minimum Gasteiger partial charge on any atom is -0.349 e. The molecule has 3 atom stereocenters. The highest BCUT2D eigenvalue weighted by Gasteiger charge is 2.48. The molecular formula is C31H34O6. The van der Waals surface area contributed by atoms with E-state index in [1.165, 1.54) is 0 Å². The Labute approximate surface area is 218 Å². The van der Waals surface area contributed by atoms with Crippen molar-refractivity contribution >= 4 is 11.6 Å². The van der Waals surface area contributed by atoms with Crippen molar-refractivity contribution in [3.05, 3.63) is 107 Å². The molecule has 0 bridgehead atoms. The van der Waals surface area contributed by atoms with E-state index >= 15 is 0 Å². The molecule has 6 nitrogen and oxygen atoms in total. The number of ketones is 2. The number of carbonyl (C=O) groups is 2. The maximum atomic E-state index is 12.9. The molecule has 3 aromatic carbocycles. The van der Waals surface area contributed by atoms with E-state index in [-0.39, 0.29) is 24.5 Å². The largest absolute Gasteiger partial charge is 0.349 e. The van der Waals surface area contributed by atoms with Crippen LogP contribution in [0.2, 0.25) is 0 Å². The molecule has 3 aromatic rings. The topological polar surface area (TPSA) is 71.1 Å². The first-order valence-corrected chi connectivity index (χ1v) is 12.5. The fourth-order valence-corrected chi connectivity index (χ4v) is 4.55. The molecule has 2 fully saturated rings. The molecule has 3 unspecified atom stereocenters. The third-order valence-electron chi connectivity index (χ3n) is 6.49. The number of hydrogen-bond donors (Lipinski definition) is 0. The Hall–Kier alpha value is -3.16. The van der Waals surface area contributed by atoms with Gasteiger partial charge in [-0.15, -0.1) is 0 Å². The van der Waals surface area contributed by atoms with Crippen LogP contribution in [0.4, 0.5) is 0 Å². The summed E-state index contributed by atoms with van der Waals surface area (Å²) in [6.07, 6.45) is -0.386. The quantitative estimate of drug-likeness (QED) is 0.406. The number of ether oxygens (including phenoxy) is 4. The standard InChI is InChI=1S/C17H16O3.C14H18O3/c1-13-19-12-17(20-13,15-10-6-3-7-11-15)16(18)14-8-4-2-5-9-14;1-10-5-7-11(8-6-10)12(15)14(4)9-16-13(2,3)17-14/h2-11,13H,12H2,1H3;5-8H,9H2,1-4H3. The molecule has 0 amide bonds. The Balaban J connectivity index is 0.000000176. The van der Waals surface area contributed by atoms with Gasteiger partial charge < -0.3 is 18.9 Å². The van der Waals surface area contributed by atoms with Crippen LogP contribution >= 0.6 is 0 Å². The van der Waals surface area contributed by atoms with Gasteiger partial charge in [0.2, 0.25) is 5.78 Å². The maximum Gasteiger partial charge on any atom is 0.201 e. The Morgan fingerprint density at radius 1 is 0.757 bits per heavy atom. The van der Waals surface area contributed by atoms with Crippen LogP contribution in [0.5, 0.6) is 0 Å². The summed E-state index contributed by atoms with van der Waals surface area (Å²) < 4.78 is 22.6. The van der Waals surface area contributed by atoms with Crippen LogP contribution in [0.3, 0.4) is 0 Å². The van der Waals surface area contributed by atoms with E-state index in [2.05, 4.69) is 0 Å². The average molecular weight is 503 g/mol. The van der Waals surface area contributed by atoms with Crippen LogP contribution < -0.4 is 0 Å². The summed E-state index contributed by atoms with van der Waals surface area (Å²) in [6, 6.07) is 26.3. The third kappa shape index (κ3) is 5.89. The van der Waals surface area contributed by atoms with Crippen molar-refractivity contribution in [1.29, 1.82) is 0 Å². The van der Waals surface area contributed by atoms with Gasteiger partial charge in [-0.3, -0.25) is 9.59 Å². The highest BCUT2D eigenvalue weighted by atomic mass is 16.8. The second kappa shape index (κ2) is 10.7. The van der Waals surface area contributed by atoms with Crippen molar-refractivity contribution in [2.24, 2.45) is 0 Å². The minimum absolute atomic E-state index is 0.0249. The molecule has 0 N–H and O–H groups in total. The Bertz CT molecular complexity index is 1220. The number of Topliss-reactive ketones (excluding diaryl/α,β-unsaturated/α-hetero) is 2. The van der Waals surface area contributed by atoms with Crippen molar-refractivity contribution in [2.75, 3.05) is 13.2 Å². The summed E-state index contributed by atoms with van der Waals surface area (Å²) in [7, 11) is 0. The predicted molar refractivity (Wildman–Crippen MR) is 140 cm³/mol. The van der Waals surface area contributed by atoms with Gasteiger partial charge in [0.15, 0.2) is 29.1 Å². The number of rotatable bonds is 5. The number of benzene rings is 3. The fourth-order valence-electron chi connectivity index (χ4n) is 4.55. The first kappa shape index (κ1) is 26.9. The Morgan fingerprint density at radius 3 is 1.84 bits per heavy atom. The minimum atomic E-state index is -1.04. The average Bonchev–Trinajstić information content (AvgIpc) is 3.44. The molecule has 2 heterocycles. The van der Waals surface area contributed by atoms with Gasteiger partial charge in [-0.25, -0.2) is 0 Å². The zero-order chi connectivity index (χ0) is 26.7. The number of aryl methyl sites for hydroxylation is 1. The molecule has 37 heavy (non-hydrogen) atoms. The molecule has 0 spiro atoms. The molecule has 0 aliphatic carbocycles. The molecule has 0 radical (unpaired) electrons. The number of carbonyl (C=O) groups excluding carboxylic acids is 2. The highest BCUT2D eigenvalue weighted by Crippen LogP contribution is 2.37. The van der Waals surface area contributed by atoms with Gasteiger partial charge in [-0.1, -0.05) is 90.5 Å². The van der Waals surface area contributed by atoms with E-state index < -0.39 is 17.0 Å². The van der Waals surface area contributed by atoms with E-state index in [0.717, 1.165) is 11.1 Å². The second-order valence-electron chi connectivity index (χ2n) is 10.1. The molecule has 6 heteroatoms. The molecule has 5 rings (SSSR count). The summed E-state index contributed by atoms with van der Waals surface area (Å²) in [4.78, 5) is 25.3. The van der Waals surface area contributed by atoms with Gasteiger partial charge in [-0.2, -0.15) is 0 Å². The lowest BCUT2D eigenvalue weighted by atomic mass is 9.86.